The minimum Gasteiger partial charge on any atom is -0.495 e. The van der Waals surface area contributed by atoms with E-state index >= 15 is 0 Å². The second-order valence-corrected chi connectivity index (χ2v) is 5.69. The topological polar surface area (TPSA) is 89.0 Å². The SMILES string of the molecule is COc1ccc(Nc2nccc(C(=O)NCc3cccnc3)n2)cc1Cl. The Morgan fingerprint density at radius 1 is 1.23 bits per heavy atom. The van der Waals surface area contributed by atoms with Crippen LogP contribution in [0, 0.1) is 0 Å². The standard InChI is InChI=1S/C18H16ClN5O2/c1-26-16-5-4-13(9-14(16)19)23-18-21-8-6-15(24-18)17(25)22-11-12-3-2-7-20-10-12/h2-10H,11H2,1H3,(H,22,25)(H,21,23,24). The molecule has 0 bridgehead atoms. The van der Waals surface area contributed by atoms with Crippen molar-refractivity contribution < 1.29 is 9.53 Å². The Morgan fingerprint density at radius 2 is 2.12 bits per heavy atom. The highest BCUT2D eigenvalue weighted by Gasteiger charge is 2.09. The summed E-state index contributed by atoms with van der Waals surface area (Å²) in [7, 11) is 1.55. The summed E-state index contributed by atoms with van der Waals surface area (Å²) in [6, 6.07) is 10.4. The van der Waals surface area contributed by atoms with Gasteiger partial charge in [-0.15, -0.1) is 0 Å². The van der Waals surface area contributed by atoms with Crippen LogP contribution in [0.1, 0.15) is 16.1 Å². The quantitative estimate of drug-likeness (QED) is 0.693. The van der Waals surface area contributed by atoms with Crippen LogP contribution < -0.4 is 15.4 Å². The molecule has 2 heterocycles. The van der Waals surface area contributed by atoms with Gasteiger partial charge in [-0.2, -0.15) is 0 Å². The smallest absolute Gasteiger partial charge is 0.270 e. The van der Waals surface area contributed by atoms with Crippen molar-refractivity contribution in [3.63, 3.8) is 0 Å². The van der Waals surface area contributed by atoms with E-state index in [1.807, 2.05) is 12.1 Å². The normalized spacial score (nSPS) is 10.2. The molecule has 3 rings (SSSR count). The van der Waals surface area contributed by atoms with Gasteiger partial charge in [0.15, 0.2) is 0 Å². The first-order valence-corrected chi connectivity index (χ1v) is 8.14. The van der Waals surface area contributed by atoms with E-state index in [0.29, 0.717) is 29.0 Å². The molecule has 8 heteroatoms. The van der Waals surface area contributed by atoms with E-state index in [9.17, 15) is 4.79 Å². The number of pyridine rings is 1. The number of nitrogens with zero attached hydrogens (tertiary/aromatic N) is 3. The third kappa shape index (κ3) is 4.46. The van der Waals surface area contributed by atoms with Gasteiger partial charge in [-0.1, -0.05) is 17.7 Å². The molecule has 3 aromatic rings. The van der Waals surface area contributed by atoms with Crippen molar-refractivity contribution in [2.45, 2.75) is 6.54 Å². The molecule has 0 aliphatic rings. The van der Waals surface area contributed by atoms with E-state index in [1.54, 1.807) is 43.8 Å². The summed E-state index contributed by atoms with van der Waals surface area (Å²) >= 11 is 6.10. The maximum atomic E-state index is 12.3. The van der Waals surface area contributed by atoms with Gasteiger partial charge >= 0.3 is 0 Å². The lowest BCUT2D eigenvalue weighted by molar-refractivity contribution is 0.0946. The average Bonchev–Trinajstić information content (AvgIpc) is 2.67. The molecule has 2 aromatic heterocycles. The van der Waals surface area contributed by atoms with Gasteiger partial charge < -0.3 is 15.4 Å². The fourth-order valence-corrected chi connectivity index (χ4v) is 2.45. The first-order chi connectivity index (χ1) is 12.7. The van der Waals surface area contributed by atoms with Gasteiger partial charge in [0.05, 0.1) is 12.1 Å². The Balaban J connectivity index is 1.67. The van der Waals surface area contributed by atoms with Gasteiger partial charge in [0.25, 0.3) is 5.91 Å². The number of ether oxygens (including phenoxy) is 1. The molecular formula is C18H16ClN5O2. The fourth-order valence-electron chi connectivity index (χ4n) is 2.19. The van der Waals surface area contributed by atoms with Crippen LogP contribution in [-0.2, 0) is 6.54 Å². The number of hydrogen-bond donors (Lipinski definition) is 2. The number of benzene rings is 1. The molecule has 0 atom stereocenters. The molecule has 0 spiro atoms. The van der Waals surface area contributed by atoms with E-state index in [4.69, 9.17) is 16.3 Å². The van der Waals surface area contributed by atoms with Crippen molar-refractivity contribution in [2.24, 2.45) is 0 Å². The predicted octanol–water partition coefficient (Wildman–Crippen LogP) is 3.21. The van der Waals surface area contributed by atoms with Gasteiger partial charge in [-0.25, -0.2) is 9.97 Å². The number of aromatic nitrogens is 3. The lowest BCUT2D eigenvalue weighted by Crippen LogP contribution is -2.24. The van der Waals surface area contributed by atoms with E-state index in [-0.39, 0.29) is 11.6 Å². The van der Waals surface area contributed by atoms with Crippen molar-refractivity contribution in [2.75, 3.05) is 12.4 Å². The third-order valence-corrected chi connectivity index (χ3v) is 3.77. The number of hydrogen-bond acceptors (Lipinski definition) is 6. The number of rotatable bonds is 6. The molecule has 0 fully saturated rings. The molecule has 0 saturated heterocycles. The van der Waals surface area contributed by atoms with Crippen molar-refractivity contribution in [3.8, 4) is 5.75 Å². The number of anilines is 2. The number of carbonyl (C=O) groups is 1. The van der Waals surface area contributed by atoms with Crippen LogP contribution in [0.4, 0.5) is 11.6 Å². The van der Waals surface area contributed by atoms with Crippen LogP contribution in [0.25, 0.3) is 0 Å². The van der Waals surface area contributed by atoms with E-state index in [2.05, 4.69) is 25.6 Å². The zero-order valence-corrected chi connectivity index (χ0v) is 14.7. The highest BCUT2D eigenvalue weighted by atomic mass is 35.5. The minimum atomic E-state index is -0.299. The fraction of sp³-hybridized carbons (Fsp3) is 0.111. The molecule has 0 radical (unpaired) electrons. The summed E-state index contributed by atoms with van der Waals surface area (Å²) in [5.74, 6) is 0.564. The van der Waals surface area contributed by atoms with Crippen LogP contribution in [0.2, 0.25) is 5.02 Å². The summed E-state index contributed by atoms with van der Waals surface area (Å²) in [6.07, 6.45) is 4.89. The molecule has 0 unspecified atom stereocenters. The monoisotopic (exact) mass is 369 g/mol. The van der Waals surface area contributed by atoms with Crippen LogP contribution in [-0.4, -0.2) is 28.0 Å². The lowest BCUT2D eigenvalue weighted by atomic mass is 10.3. The summed E-state index contributed by atoms with van der Waals surface area (Å²) in [6.45, 7) is 0.369. The number of halogens is 1. The third-order valence-electron chi connectivity index (χ3n) is 3.47. The number of amides is 1. The minimum absolute atomic E-state index is 0.256. The number of methoxy groups -OCH3 is 1. The van der Waals surface area contributed by atoms with Crippen molar-refractivity contribution in [1.29, 1.82) is 0 Å². The van der Waals surface area contributed by atoms with E-state index in [1.165, 1.54) is 6.20 Å². The highest BCUT2D eigenvalue weighted by molar-refractivity contribution is 6.32. The van der Waals surface area contributed by atoms with Gasteiger partial charge in [-0.05, 0) is 35.9 Å². The van der Waals surface area contributed by atoms with Crippen molar-refractivity contribution in [1.82, 2.24) is 20.3 Å². The molecule has 1 aromatic carbocycles. The van der Waals surface area contributed by atoms with Gasteiger partial charge in [0.2, 0.25) is 5.95 Å². The molecule has 7 nitrogen and oxygen atoms in total. The number of carbonyl (C=O) groups excluding carboxylic acids is 1. The Kier molecular flexibility index (Phi) is 5.60. The average molecular weight is 370 g/mol. The Labute approximate surface area is 155 Å². The lowest BCUT2D eigenvalue weighted by Gasteiger charge is -2.09. The molecular weight excluding hydrogens is 354 g/mol. The zero-order valence-electron chi connectivity index (χ0n) is 13.9. The van der Waals surface area contributed by atoms with Crippen molar-refractivity contribution in [3.05, 3.63) is 71.3 Å². The molecule has 0 aliphatic carbocycles. The summed E-state index contributed by atoms with van der Waals surface area (Å²) < 4.78 is 5.12. The number of nitrogens with one attached hydrogen (secondary N) is 2. The van der Waals surface area contributed by atoms with E-state index < -0.39 is 0 Å². The second kappa shape index (κ2) is 8.26. The zero-order chi connectivity index (χ0) is 18.4. The van der Waals surface area contributed by atoms with Gasteiger partial charge in [0, 0.05) is 30.8 Å². The maximum absolute atomic E-state index is 12.3. The Morgan fingerprint density at radius 3 is 2.85 bits per heavy atom. The molecule has 2 N–H and O–H groups in total. The highest BCUT2D eigenvalue weighted by Crippen LogP contribution is 2.28. The molecule has 132 valence electrons. The first kappa shape index (κ1) is 17.6. The predicted molar refractivity (Wildman–Crippen MR) is 98.7 cm³/mol. The maximum Gasteiger partial charge on any atom is 0.270 e. The largest absolute Gasteiger partial charge is 0.495 e. The summed E-state index contributed by atoms with van der Waals surface area (Å²) in [5, 5.41) is 6.27. The first-order valence-electron chi connectivity index (χ1n) is 7.76. The van der Waals surface area contributed by atoms with Crippen molar-refractivity contribution >= 4 is 29.1 Å². The van der Waals surface area contributed by atoms with E-state index in [0.717, 1.165) is 5.56 Å². The molecule has 26 heavy (non-hydrogen) atoms. The molecule has 0 aliphatic heterocycles. The molecule has 0 saturated carbocycles. The van der Waals surface area contributed by atoms with Crippen LogP contribution >= 0.6 is 11.6 Å². The second-order valence-electron chi connectivity index (χ2n) is 5.28. The summed E-state index contributed by atoms with van der Waals surface area (Å²) in [4.78, 5) is 24.6. The van der Waals surface area contributed by atoms with Crippen LogP contribution in [0.3, 0.4) is 0 Å². The van der Waals surface area contributed by atoms with Crippen LogP contribution in [0.15, 0.2) is 55.0 Å². The van der Waals surface area contributed by atoms with Gasteiger partial charge in [0.1, 0.15) is 11.4 Å². The summed E-state index contributed by atoms with van der Waals surface area (Å²) in [5.41, 5.74) is 1.84. The molecule has 1 amide bonds. The Bertz CT molecular complexity index is 905. The Hall–Kier alpha value is -3.19. The van der Waals surface area contributed by atoms with Crippen LogP contribution in [0.5, 0.6) is 5.75 Å². The van der Waals surface area contributed by atoms with Gasteiger partial charge in [-0.3, -0.25) is 9.78 Å².